The van der Waals surface area contributed by atoms with Crippen molar-refractivity contribution in [2.24, 2.45) is 0 Å². The lowest BCUT2D eigenvalue weighted by Gasteiger charge is -2.34. The van der Waals surface area contributed by atoms with Crippen LogP contribution in [-0.2, 0) is 4.79 Å². The maximum absolute atomic E-state index is 13.5. The van der Waals surface area contributed by atoms with Gasteiger partial charge in [0.1, 0.15) is 5.82 Å². The number of nitrogens with one attached hydrogen (secondary N) is 1. The number of amides is 2. The summed E-state index contributed by atoms with van der Waals surface area (Å²) in [5, 5.41) is 11.2. The van der Waals surface area contributed by atoms with E-state index in [-0.39, 0.29) is 18.1 Å². The topological polar surface area (TPSA) is 72.9 Å². The van der Waals surface area contributed by atoms with E-state index in [4.69, 9.17) is 5.11 Å². The fourth-order valence-electron chi connectivity index (χ4n) is 2.19. The first-order chi connectivity index (χ1) is 10.1. The van der Waals surface area contributed by atoms with Gasteiger partial charge < -0.3 is 15.3 Å². The molecule has 21 heavy (non-hydrogen) atoms. The number of hydrogen-bond acceptors (Lipinski definition) is 3. The van der Waals surface area contributed by atoms with Crippen molar-refractivity contribution in [1.29, 1.82) is 0 Å². The molecule has 0 atom stereocenters. The normalized spacial score (nSPS) is 15.8. The number of aliphatic carboxylic acids is 1. The first-order valence-corrected chi connectivity index (χ1v) is 6.81. The van der Waals surface area contributed by atoms with Crippen LogP contribution in [0.4, 0.5) is 14.9 Å². The van der Waals surface area contributed by atoms with Crippen LogP contribution in [0.1, 0.15) is 6.42 Å². The second-order valence-corrected chi connectivity index (χ2v) is 4.88. The Hall–Kier alpha value is -2.15. The summed E-state index contributed by atoms with van der Waals surface area (Å²) in [5.74, 6) is -1.29. The van der Waals surface area contributed by atoms with Gasteiger partial charge in [-0.1, -0.05) is 12.1 Å². The molecule has 0 aliphatic carbocycles. The van der Waals surface area contributed by atoms with Crippen LogP contribution in [0.2, 0.25) is 0 Å². The number of para-hydroxylation sites is 1. The lowest BCUT2D eigenvalue weighted by atomic mass is 10.3. The molecule has 1 aliphatic rings. The summed E-state index contributed by atoms with van der Waals surface area (Å²) in [4.78, 5) is 26.1. The summed E-state index contributed by atoms with van der Waals surface area (Å²) < 4.78 is 13.5. The van der Waals surface area contributed by atoms with Crippen LogP contribution >= 0.6 is 0 Å². The molecule has 1 saturated heterocycles. The zero-order chi connectivity index (χ0) is 15.2. The van der Waals surface area contributed by atoms with E-state index in [9.17, 15) is 14.0 Å². The number of carboxylic acids is 1. The second-order valence-electron chi connectivity index (χ2n) is 4.88. The van der Waals surface area contributed by atoms with Gasteiger partial charge in [-0.3, -0.25) is 9.69 Å². The Morgan fingerprint density at radius 1 is 1.19 bits per heavy atom. The molecule has 1 heterocycles. The summed E-state index contributed by atoms with van der Waals surface area (Å²) in [5.41, 5.74) is 0.163. The average Bonchev–Trinajstić information content (AvgIpc) is 2.48. The highest BCUT2D eigenvalue weighted by atomic mass is 19.1. The molecule has 1 aliphatic heterocycles. The van der Waals surface area contributed by atoms with Gasteiger partial charge >= 0.3 is 12.0 Å². The van der Waals surface area contributed by atoms with Crippen molar-refractivity contribution in [3.8, 4) is 0 Å². The summed E-state index contributed by atoms with van der Waals surface area (Å²) in [6, 6.07) is 5.68. The van der Waals surface area contributed by atoms with Crippen LogP contribution in [0.3, 0.4) is 0 Å². The Morgan fingerprint density at radius 2 is 1.86 bits per heavy atom. The van der Waals surface area contributed by atoms with Crippen LogP contribution in [0.5, 0.6) is 0 Å². The zero-order valence-corrected chi connectivity index (χ0v) is 11.6. The Kier molecular flexibility index (Phi) is 5.10. The van der Waals surface area contributed by atoms with Crippen molar-refractivity contribution in [2.75, 3.05) is 38.0 Å². The molecule has 1 aromatic carbocycles. The van der Waals surface area contributed by atoms with Crippen LogP contribution in [-0.4, -0.2) is 59.6 Å². The molecule has 2 amide bonds. The lowest BCUT2D eigenvalue weighted by molar-refractivity contribution is -0.137. The van der Waals surface area contributed by atoms with E-state index in [1.54, 1.807) is 17.0 Å². The van der Waals surface area contributed by atoms with Crippen molar-refractivity contribution in [1.82, 2.24) is 9.80 Å². The molecule has 0 aromatic heterocycles. The largest absolute Gasteiger partial charge is 0.481 e. The van der Waals surface area contributed by atoms with Gasteiger partial charge in [0.25, 0.3) is 0 Å². The molecule has 6 nitrogen and oxygen atoms in total. The van der Waals surface area contributed by atoms with Crippen LogP contribution in [0, 0.1) is 5.82 Å². The summed E-state index contributed by atoms with van der Waals surface area (Å²) in [7, 11) is 0. The number of benzene rings is 1. The van der Waals surface area contributed by atoms with Gasteiger partial charge in [-0.25, -0.2) is 9.18 Å². The highest BCUT2D eigenvalue weighted by Crippen LogP contribution is 2.13. The maximum atomic E-state index is 13.5. The number of nitrogens with zero attached hydrogens (tertiary/aromatic N) is 2. The van der Waals surface area contributed by atoms with Crippen LogP contribution in [0.25, 0.3) is 0 Å². The fourth-order valence-corrected chi connectivity index (χ4v) is 2.19. The average molecular weight is 295 g/mol. The fraction of sp³-hybridized carbons (Fsp3) is 0.429. The third-order valence-corrected chi connectivity index (χ3v) is 3.42. The lowest BCUT2D eigenvalue weighted by Crippen LogP contribution is -2.50. The molecule has 2 N–H and O–H groups in total. The second kappa shape index (κ2) is 7.03. The molecule has 7 heteroatoms. The molecule has 0 radical (unpaired) electrons. The van der Waals surface area contributed by atoms with E-state index in [0.717, 1.165) is 0 Å². The Morgan fingerprint density at radius 3 is 2.48 bits per heavy atom. The number of carbonyl (C=O) groups is 2. The van der Waals surface area contributed by atoms with Crippen molar-refractivity contribution in [2.45, 2.75) is 6.42 Å². The Balaban J connectivity index is 1.81. The molecule has 0 spiro atoms. The van der Waals surface area contributed by atoms with E-state index in [1.807, 2.05) is 4.90 Å². The Labute approximate surface area is 122 Å². The number of carboxylic acid groups (broad SMARTS) is 1. The third-order valence-electron chi connectivity index (χ3n) is 3.42. The quantitative estimate of drug-likeness (QED) is 0.882. The number of halogens is 1. The van der Waals surface area contributed by atoms with Gasteiger partial charge in [-0.15, -0.1) is 0 Å². The van der Waals surface area contributed by atoms with E-state index in [2.05, 4.69) is 5.32 Å². The third kappa shape index (κ3) is 4.42. The van der Waals surface area contributed by atoms with E-state index in [0.29, 0.717) is 32.7 Å². The van der Waals surface area contributed by atoms with Gasteiger partial charge in [-0.05, 0) is 12.1 Å². The highest BCUT2D eigenvalue weighted by molar-refractivity contribution is 5.89. The smallest absolute Gasteiger partial charge is 0.322 e. The predicted octanol–water partition coefficient (Wildman–Crippen LogP) is 1.45. The first kappa shape index (κ1) is 15.2. The van der Waals surface area contributed by atoms with Gasteiger partial charge in [-0.2, -0.15) is 0 Å². The van der Waals surface area contributed by atoms with Gasteiger partial charge in [0.15, 0.2) is 0 Å². The van der Waals surface area contributed by atoms with Crippen molar-refractivity contribution in [3.05, 3.63) is 30.1 Å². The Bertz CT molecular complexity index is 516. The monoisotopic (exact) mass is 295 g/mol. The number of hydrogen-bond donors (Lipinski definition) is 2. The number of urea groups is 1. The molecule has 0 unspecified atom stereocenters. The molecule has 114 valence electrons. The SMILES string of the molecule is O=C(O)CCN1CCN(C(=O)Nc2ccccc2F)CC1. The summed E-state index contributed by atoms with van der Waals surface area (Å²) in [6.45, 7) is 2.73. The van der Waals surface area contributed by atoms with E-state index < -0.39 is 11.8 Å². The summed E-state index contributed by atoms with van der Waals surface area (Å²) >= 11 is 0. The molecule has 0 bridgehead atoms. The van der Waals surface area contributed by atoms with Crippen molar-refractivity contribution in [3.63, 3.8) is 0 Å². The van der Waals surface area contributed by atoms with Gasteiger partial charge in [0, 0.05) is 32.7 Å². The molecule has 1 fully saturated rings. The standard InChI is InChI=1S/C14H18FN3O3/c15-11-3-1-2-4-12(11)16-14(21)18-9-7-17(8-10-18)6-5-13(19)20/h1-4H,5-10H2,(H,16,21)(H,19,20). The molecular formula is C14H18FN3O3. The van der Waals surface area contributed by atoms with Crippen molar-refractivity contribution >= 4 is 17.7 Å². The first-order valence-electron chi connectivity index (χ1n) is 6.81. The minimum absolute atomic E-state index is 0.0986. The number of piperazine rings is 1. The number of anilines is 1. The highest BCUT2D eigenvalue weighted by Gasteiger charge is 2.21. The minimum Gasteiger partial charge on any atom is -0.481 e. The molecule has 1 aromatic rings. The number of rotatable bonds is 4. The minimum atomic E-state index is -0.824. The van der Waals surface area contributed by atoms with Crippen LogP contribution < -0.4 is 5.32 Å². The predicted molar refractivity (Wildman–Crippen MR) is 75.7 cm³/mol. The van der Waals surface area contributed by atoms with Gasteiger partial charge in [0.2, 0.25) is 0 Å². The van der Waals surface area contributed by atoms with Crippen molar-refractivity contribution < 1.29 is 19.1 Å². The molecular weight excluding hydrogens is 277 g/mol. The molecule has 2 rings (SSSR count). The number of carbonyl (C=O) groups excluding carboxylic acids is 1. The zero-order valence-electron chi connectivity index (χ0n) is 11.6. The van der Waals surface area contributed by atoms with Crippen LogP contribution in [0.15, 0.2) is 24.3 Å². The maximum Gasteiger partial charge on any atom is 0.322 e. The van der Waals surface area contributed by atoms with E-state index in [1.165, 1.54) is 12.1 Å². The summed E-state index contributed by atoms with van der Waals surface area (Å²) in [6.07, 6.45) is 0.0986. The molecule has 0 saturated carbocycles. The van der Waals surface area contributed by atoms with Gasteiger partial charge in [0.05, 0.1) is 12.1 Å². The van der Waals surface area contributed by atoms with E-state index >= 15 is 0 Å².